The lowest BCUT2D eigenvalue weighted by Gasteiger charge is -2.27. The molecule has 3 rings (SSSR count). The average molecular weight is 595 g/mol. The van der Waals surface area contributed by atoms with Gasteiger partial charge in [0.1, 0.15) is 23.2 Å². The fourth-order valence-corrected chi connectivity index (χ4v) is 9.62. The lowest BCUT2D eigenvalue weighted by atomic mass is 10.1. The summed E-state index contributed by atoms with van der Waals surface area (Å²) >= 11 is 0. The maximum atomic E-state index is 5.99. The highest BCUT2D eigenvalue weighted by molar-refractivity contribution is 7.95. The van der Waals surface area contributed by atoms with Crippen LogP contribution in [-0.2, 0) is 9.47 Å². The van der Waals surface area contributed by atoms with Crippen LogP contribution in [0.5, 0.6) is 0 Å². The topological polar surface area (TPSA) is 18.5 Å². The lowest BCUT2D eigenvalue weighted by molar-refractivity contribution is -0.147. The Labute approximate surface area is 257 Å². The monoisotopic (exact) mass is 594 g/mol. The van der Waals surface area contributed by atoms with Gasteiger partial charge in [0.25, 0.3) is 0 Å². The quantitative estimate of drug-likeness (QED) is 0.0630. The zero-order chi connectivity index (χ0) is 28.1. The number of allylic oxidation sites excluding steroid dienone is 2. The molecule has 0 aliphatic rings. The molecule has 0 spiro atoms. The Morgan fingerprint density at radius 1 is 0.561 bits per heavy atom. The van der Waals surface area contributed by atoms with Crippen molar-refractivity contribution in [3.05, 3.63) is 103 Å². The van der Waals surface area contributed by atoms with E-state index in [4.69, 9.17) is 9.47 Å². The van der Waals surface area contributed by atoms with Crippen LogP contribution in [0.25, 0.3) is 0 Å². The minimum atomic E-state index is -1.71. The molecule has 41 heavy (non-hydrogen) atoms. The number of hydrogen-bond acceptors (Lipinski definition) is 2. The number of rotatable bonds is 21. The zero-order valence-corrected chi connectivity index (χ0v) is 27.1. The van der Waals surface area contributed by atoms with E-state index in [-0.39, 0.29) is 18.7 Å². The molecular formula is C37H52ClO2P. The van der Waals surface area contributed by atoms with Crippen LogP contribution in [0, 0.1) is 0 Å². The van der Waals surface area contributed by atoms with E-state index in [9.17, 15) is 0 Å². The maximum Gasteiger partial charge on any atom is 0.157 e. The van der Waals surface area contributed by atoms with Crippen LogP contribution in [0.2, 0.25) is 0 Å². The molecule has 0 amide bonds. The third kappa shape index (κ3) is 12.0. The van der Waals surface area contributed by atoms with E-state index in [0.717, 1.165) is 45.3 Å². The molecule has 0 fully saturated rings. The van der Waals surface area contributed by atoms with Gasteiger partial charge in [0.2, 0.25) is 0 Å². The van der Waals surface area contributed by atoms with Crippen LogP contribution < -0.4 is 28.3 Å². The first kappa shape index (κ1) is 35.2. The highest BCUT2D eigenvalue weighted by Crippen LogP contribution is 2.55. The number of unbranched alkanes of at least 4 members (excludes halogenated alkanes) is 6. The largest absolute Gasteiger partial charge is 1.00 e. The SMILES string of the molecule is CCCCOC(CCCCC/C=C/CCC[P+](c1ccccc1)(c1ccccc1)c1ccccc1)OCCCC.[Cl-]. The van der Waals surface area contributed by atoms with Gasteiger partial charge in [0, 0.05) is 13.2 Å². The average Bonchev–Trinajstić information content (AvgIpc) is 3.01. The van der Waals surface area contributed by atoms with E-state index < -0.39 is 7.26 Å². The molecule has 0 saturated heterocycles. The maximum absolute atomic E-state index is 5.99. The Hall–Kier alpha value is -1.96. The molecule has 0 aromatic heterocycles. The predicted octanol–water partition coefficient (Wildman–Crippen LogP) is 6.23. The number of benzene rings is 3. The van der Waals surface area contributed by atoms with Gasteiger partial charge in [0.05, 0.1) is 6.16 Å². The summed E-state index contributed by atoms with van der Waals surface area (Å²) in [4.78, 5) is 0. The summed E-state index contributed by atoms with van der Waals surface area (Å²) in [6.45, 7) is 6.05. The second kappa shape index (κ2) is 21.7. The van der Waals surface area contributed by atoms with Crippen molar-refractivity contribution in [3.8, 4) is 0 Å². The van der Waals surface area contributed by atoms with Gasteiger partial charge in [-0.3, -0.25) is 0 Å². The van der Waals surface area contributed by atoms with Gasteiger partial charge >= 0.3 is 0 Å². The third-order valence-corrected chi connectivity index (χ3v) is 12.1. The van der Waals surface area contributed by atoms with Crippen molar-refractivity contribution in [2.45, 2.75) is 90.8 Å². The zero-order valence-electron chi connectivity index (χ0n) is 25.4. The number of halogens is 1. The molecule has 0 heterocycles. The summed E-state index contributed by atoms with van der Waals surface area (Å²) in [5.41, 5.74) is 0. The van der Waals surface area contributed by atoms with Crippen molar-refractivity contribution in [2.75, 3.05) is 19.4 Å². The lowest BCUT2D eigenvalue weighted by Crippen LogP contribution is -3.00. The summed E-state index contributed by atoms with van der Waals surface area (Å²) in [6.07, 6.45) is 18.7. The first-order chi connectivity index (χ1) is 19.8. The first-order valence-electron chi connectivity index (χ1n) is 15.7. The van der Waals surface area contributed by atoms with Crippen LogP contribution in [0.15, 0.2) is 103 Å². The standard InChI is InChI=1S/C37H52O2P.ClH/c1-3-5-31-38-37(39-32-6-4-2)30-22-11-9-7-8-10-12-23-33-40(34-24-16-13-17-25-34,35-26-18-14-19-27-35)36-28-20-15-21-29-36;/h8,10,13-21,24-29,37H,3-7,9,11-12,22-23,30-33H2,1-2H3;1H/q+1;/p-1/b10-8+;. The fourth-order valence-electron chi connectivity index (χ4n) is 5.25. The van der Waals surface area contributed by atoms with E-state index in [1.165, 1.54) is 60.6 Å². The number of ether oxygens (including phenoxy) is 2. The molecule has 0 bridgehead atoms. The molecule has 0 saturated carbocycles. The molecule has 0 N–H and O–H groups in total. The normalized spacial score (nSPS) is 11.7. The molecule has 224 valence electrons. The van der Waals surface area contributed by atoms with Gasteiger partial charge < -0.3 is 21.9 Å². The van der Waals surface area contributed by atoms with Crippen LogP contribution in [0.3, 0.4) is 0 Å². The van der Waals surface area contributed by atoms with Crippen molar-refractivity contribution in [3.63, 3.8) is 0 Å². The van der Waals surface area contributed by atoms with E-state index >= 15 is 0 Å². The minimum absolute atomic E-state index is 0. The van der Waals surface area contributed by atoms with Crippen molar-refractivity contribution >= 4 is 23.2 Å². The van der Waals surface area contributed by atoms with Gasteiger partial charge in [-0.1, -0.05) is 99.9 Å². The first-order valence-corrected chi connectivity index (χ1v) is 17.7. The molecule has 0 aliphatic carbocycles. The summed E-state index contributed by atoms with van der Waals surface area (Å²) in [7, 11) is -1.71. The second-order valence-electron chi connectivity index (χ2n) is 10.7. The summed E-state index contributed by atoms with van der Waals surface area (Å²) in [6, 6.07) is 33.7. The molecule has 0 atom stereocenters. The van der Waals surface area contributed by atoms with E-state index in [0.29, 0.717) is 0 Å². The van der Waals surface area contributed by atoms with Crippen LogP contribution in [-0.4, -0.2) is 25.7 Å². The van der Waals surface area contributed by atoms with E-state index in [2.05, 4.69) is 117 Å². The van der Waals surface area contributed by atoms with E-state index in [1.54, 1.807) is 0 Å². The van der Waals surface area contributed by atoms with Crippen molar-refractivity contribution in [1.82, 2.24) is 0 Å². The molecule has 0 aliphatic heterocycles. The summed E-state index contributed by atoms with van der Waals surface area (Å²) < 4.78 is 12.0. The highest BCUT2D eigenvalue weighted by atomic mass is 35.5. The second-order valence-corrected chi connectivity index (χ2v) is 14.3. The number of hydrogen-bond donors (Lipinski definition) is 0. The predicted molar refractivity (Wildman–Crippen MR) is 177 cm³/mol. The smallest absolute Gasteiger partial charge is 0.157 e. The Morgan fingerprint density at radius 2 is 1.00 bits per heavy atom. The Bertz CT molecular complexity index is 936. The van der Waals surface area contributed by atoms with Gasteiger partial charge in [-0.05, 0) is 87.8 Å². The molecule has 0 unspecified atom stereocenters. The highest BCUT2D eigenvalue weighted by Gasteiger charge is 2.44. The molecule has 4 heteroatoms. The Balaban J connectivity index is 0.00000588. The molecule has 3 aromatic rings. The molecular weight excluding hydrogens is 543 g/mol. The molecule has 2 nitrogen and oxygen atoms in total. The van der Waals surface area contributed by atoms with Gasteiger partial charge in [0.15, 0.2) is 6.29 Å². The van der Waals surface area contributed by atoms with Crippen LogP contribution in [0.4, 0.5) is 0 Å². The van der Waals surface area contributed by atoms with Crippen LogP contribution >= 0.6 is 7.26 Å². The van der Waals surface area contributed by atoms with Gasteiger partial charge in [-0.15, -0.1) is 0 Å². The minimum Gasteiger partial charge on any atom is -1.00 e. The van der Waals surface area contributed by atoms with Crippen molar-refractivity contribution < 1.29 is 21.9 Å². The van der Waals surface area contributed by atoms with Gasteiger partial charge in [-0.25, -0.2) is 0 Å². The van der Waals surface area contributed by atoms with Crippen molar-refractivity contribution in [2.24, 2.45) is 0 Å². The Morgan fingerprint density at radius 3 is 1.44 bits per heavy atom. The summed E-state index contributed by atoms with van der Waals surface area (Å²) in [5, 5.41) is 4.44. The summed E-state index contributed by atoms with van der Waals surface area (Å²) in [5.74, 6) is 0. The Kier molecular flexibility index (Phi) is 18.7. The third-order valence-electron chi connectivity index (χ3n) is 7.54. The van der Waals surface area contributed by atoms with E-state index in [1.807, 2.05) is 0 Å². The fraction of sp³-hybridized carbons (Fsp3) is 0.459. The van der Waals surface area contributed by atoms with Crippen molar-refractivity contribution in [1.29, 1.82) is 0 Å². The van der Waals surface area contributed by atoms with Crippen LogP contribution in [0.1, 0.15) is 84.5 Å². The molecule has 3 aromatic carbocycles. The van der Waals surface area contributed by atoms with Gasteiger partial charge in [-0.2, -0.15) is 0 Å². The molecule has 0 radical (unpaired) electrons.